The van der Waals surface area contributed by atoms with Gasteiger partial charge in [-0.2, -0.15) is 0 Å². The lowest BCUT2D eigenvalue weighted by Gasteiger charge is -2.28. The van der Waals surface area contributed by atoms with E-state index in [1.807, 2.05) is 39.0 Å². The van der Waals surface area contributed by atoms with E-state index in [-0.39, 0.29) is 17.7 Å². The Labute approximate surface area is 208 Å². The molecule has 0 amide bonds. The first-order chi connectivity index (χ1) is 16.7. The maximum absolute atomic E-state index is 12.5. The predicted octanol–water partition coefficient (Wildman–Crippen LogP) is 4.67. The van der Waals surface area contributed by atoms with E-state index in [1.54, 1.807) is 6.08 Å². The minimum Gasteiger partial charge on any atom is -0.489 e. The van der Waals surface area contributed by atoms with Gasteiger partial charge in [0.15, 0.2) is 5.75 Å². The summed E-state index contributed by atoms with van der Waals surface area (Å²) in [5.74, 6) is -0.693. The van der Waals surface area contributed by atoms with Crippen LogP contribution < -0.4 is 20.5 Å². The Morgan fingerprint density at radius 2 is 1.91 bits per heavy atom. The maximum atomic E-state index is 12.5. The zero-order chi connectivity index (χ0) is 25.6. The van der Waals surface area contributed by atoms with E-state index in [0.29, 0.717) is 24.5 Å². The van der Waals surface area contributed by atoms with Gasteiger partial charge in [-0.1, -0.05) is 38.7 Å². The minimum atomic E-state index is -0.812. The van der Waals surface area contributed by atoms with E-state index >= 15 is 0 Å². The van der Waals surface area contributed by atoms with Gasteiger partial charge >= 0.3 is 5.97 Å². The lowest BCUT2D eigenvalue weighted by atomic mass is 9.83. The topological polar surface area (TPSA) is 123 Å². The van der Waals surface area contributed by atoms with Crippen molar-refractivity contribution in [3.8, 4) is 5.75 Å². The van der Waals surface area contributed by atoms with Crippen LogP contribution in [-0.2, 0) is 19.6 Å². The van der Waals surface area contributed by atoms with Crippen LogP contribution in [0.4, 0.5) is 5.69 Å². The molecule has 0 fully saturated rings. The molecule has 0 spiro atoms. The third-order valence-corrected chi connectivity index (χ3v) is 6.80. The number of aliphatic carboxylic acids is 1. The van der Waals surface area contributed by atoms with Crippen molar-refractivity contribution in [3.05, 3.63) is 55.5 Å². The smallest absolute Gasteiger partial charge is 0.303 e. The van der Waals surface area contributed by atoms with Crippen LogP contribution in [-0.4, -0.2) is 29.5 Å². The van der Waals surface area contributed by atoms with Crippen molar-refractivity contribution in [2.45, 2.75) is 69.6 Å². The van der Waals surface area contributed by atoms with Crippen molar-refractivity contribution in [2.24, 2.45) is 0 Å². The summed E-state index contributed by atoms with van der Waals surface area (Å²) in [6.07, 6.45) is 5.66. The maximum Gasteiger partial charge on any atom is 0.303 e. The average Bonchev–Trinajstić information content (AvgIpc) is 3.04. The van der Waals surface area contributed by atoms with Crippen LogP contribution >= 0.6 is 12.0 Å². The summed E-state index contributed by atoms with van der Waals surface area (Å²) in [6.45, 7) is 7.07. The number of carboxylic acids is 1. The van der Waals surface area contributed by atoms with Gasteiger partial charge in [0.05, 0.1) is 24.2 Å². The van der Waals surface area contributed by atoms with Gasteiger partial charge in [0.25, 0.3) is 5.43 Å². The number of hydrogen-bond acceptors (Lipinski definition) is 9. The third kappa shape index (κ3) is 5.95. The van der Waals surface area contributed by atoms with Crippen LogP contribution in [0.2, 0.25) is 0 Å². The highest BCUT2D eigenvalue weighted by atomic mass is 32.2. The van der Waals surface area contributed by atoms with Gasteiger partial charge < -0.3 is 14.7 Å². The van der Waals surface area contributed by atoms with E-state index in [9.17, 15) is 14.4 Å². The van der Waals surface area contributed by atoms with Crippen molar-refractivity contribution in [1.29, 1.82) is 0 Å². The predicted molar refractivity (Wildman–Crippen MR) is 133 cm³/mol. The molecule has 0 radical (unpaired) electrons. The third-order valence-electron chi connectivity index (χ3n) is 6.22. The second-order valence-electron chi connectivity index (χ2n) is 9.02. The zero-order valence-electron chi connectivity index (χ0n) is 20.2. The molecule has 0 saturated heterocycles. The SMILES string of the molecule is CCCCOc1c(C=C2N(CCCCCC(=O)O)c3ccc(SOOO)cc3C2(C)C)c(=O)c1=O. The molecule has 3 rings (SSSR count). The minimum absolute atomic E-state index is 0.119. The van der Waals surface area contributed by atoms with E-state index in [0.717, 1.165) is 54.7 Å². The number of carbonyl (C=O) groups is 1. The summed E-state index contributed by atoms with van der Waals surface area (Å²) in [7, 11) is 0. The zero-order valence-corrected chi connectivity index (χ0v) is 21.0. The highest BCUT2D eigenvalue weighted by Crippen LogP contribution is 2.49. The van der Waals surface area contributed by atoms with Crippen LogP contribution in [0.15, 0.2) is 38.4 Å². The molecule has 2 aromatic carbocycles. The van der Waals surface area contributed by atoms with Crippen molar-refractivity contribution in [2.75, 3.05) is 18.1 Å². The molecular formula is C25H31NO8S. The number of benzene rings is 1. The van der Waals surface area contributed by atoms with Gasteiger partial charge in [0, 0.05) is 34.7 Å². The highest BCUT2D eigenvalue weighted by molar-refractivity contribution is 7.94. The fraction of sp³-hybridized carbons (Fsp3) is 0.480. The first-order valence-corrected chi connectivity index (χ1v) is 12.4. The highest BCUT2D eigenvalue weighted by Gasteiger charge is 2.41. The largest absolute Gasteiger partial charge is 0.489 e. The first-order valence-electron chi connectivity index (χ1n) is 11.7. The van der Waals surface area contributed by atoms with Crippen molar-refractivity contribution in [3.63, 3.8) is 0 Å². The molecule has 0 saturated carbocycles. The molecule has 0 bridgehead atoms. The Bertz CT molecular complexity index is 1150. The molecule has 0 unspecified atom stereocenters. The first kappa shape index (κ1) is 26.9. The van der Waals surface area contributed by atoms with Crippen LogP contribution in [0.3, 0.4) is 0 Å². The van der Waals surface area contributed by atoms with Gasteiger partial charge in [-0.15, -0.1) is 4.33 Å². The fourth-order valence-electron chi connectivity index (χ4n) is 4.30. The molecule has 1 aliphatic rings. The number of carboxylic acid groups (broad SMARTS) is 1. The number of rotatable bonds is 14. The standard InChI is InChI=1S/C25H31NO8S/c1-4-5-13-32-24-17(22(29)23(24)30)15-20-25(2,3)18-14-16(35-34-33-31)10-11-19(18)26(20)12-8-6-7-9-21(27)28/h10-11,14-15,31H,4-9,12-13H2,1-3H3,(H,27,28). The van der Waals surface area contributed by atoms with E-state index in [2.05, 4.69) is 14.3 Å². The van der Waals surface area contributed by atoms with E-state index < -0.39 is 22.2 Å². The molecule has 10 heteroatoms. The quantitative estimate of drug-likeness (QED) is 0.123. The Morgan fingerprint density at radius 1 is 1.14 bits per heavy atom. The second-order valence-corrected chi connectivity index (χ2v) is 9.79. The number of anilines is 1. The summed E-state index contributed by atoms with van der Waals surface area (Å²) >= 11 is 0.865. The Kier molecular flexibility index (Phi) is 9.12. The monoisotopic (exact) mass is 505 g/mol. The number of allylic oxidation sites excluding steroid dienone is 1. The molecule has 1 aliphatic heterocycles. The molecule has 35 heavy (non-hydrogen) atoms. The van der Waals surface area contributed by atoms with Gasteiger partial charge in [-0.25, -0.2) is 5.26 Å². The molecular weight excluding hydrogens is 474 g/mol. The second kappa shape index (κ2) is 11.9. The number of fused-ring (bicyclic) bond motifs is 1. The van der Waals surface area contributed by atoms with Crippen molar-refractivity contribution >= 4 is 29.8 Å². The summed E-state index contributed by atoms with van der Waals surface area (Å²) in [6, 6.07) is 5.69. The Hall–Kier alpha value is -2.66. The number of hydrogen-bond donors (Lipinski definition) is 2. The van der Waals surface area contributed by atoms with Gasteiger partial charge in [-0.05, 0) is 49.1 Å². The Morgan fingerprint density at radius 3 is 2.60 bits per heavy atom. The van der Waals surface area contributed by atoms with Crippen LogP contribution in [0.1, 0.15) is 70.4 Å². The van der Waals surface area contributed by atoms with Gasteiger partial charge in [0.2, 0.25) is 5.43 Å². The van der Waals surface area contributed by atoms with Crippen LogP contribution in [0.5, 0.6) is 5.75 Å². The van der Waals surface area contributed by atoms with Crippen LogP contribution in [0.25, 0.3) is 6.08 Å². The lowest BCUT2D eigenvalue weighted by Crippen LogP contribution is -2.36. The lowest BCUT2D eigenvalue weighted by molar-refractivity contribution is -0.432. The molecule has 9 nitrogen and oxygen atoms in total. The number of unbranched alkanes of at least 4 members (excludes halogenated alkanes) is 3. The molecule has 190 valence electrons. The summed E-state index contributed by atoms with van der Waals surface area (Å²) in [5, 5.41) is 21.1. The fourth-order valence-corrected chi connectivity index (χ4v) is 4.70. The van der Waals surface area contributed by atoms with Crippen molar-refractivity contribution in [1.82, 2.24) is 0 Å². The van der Waals surface area contributed by atoms with E-state index in [4.69, 9.17) is 15.1 Å². The Balaban J connectivity index is 1.95. The average molecular weight is 506 g/mol. The summed E-state index contributed by atoms with van der Waals surface area (Å²) < 4.78 is 10.2. The normalized spacial score (nSPS) is 15.7. The van der Waals surface area contributed by atoms with Gasteiger partial charge in [-0.3, -0.25) is 14.4 Å². The molecule has 1 heterocycles. The molecule has 0 aromatic heterocycles. The molecule has 0 aliphatic carbocycles. The molecule has 2 N–H and O–H groups in total. The van der Waals surface area contributed by atoms with Crippen molar-refractivity contribution < 1.29 is 29.3 Å². The molecule has 0 atom stereocenters. The summed E-state index contributed by atoms with van der Waals surface area (Å²) in [5.41, 5.74) is 1.38. The number of nitrogens with zero attached hydrogens (tertiary/aromatic N) is 1. The number of ether oxygens (including phenoxy) is 1. The molecule has 2 aromatic rings. The van der Waals surface area contributed by atoms with Gasteiger partial charge in [0.1, 0.15) is 0 Å². The van der Waals surface area contributed by atoms with Crippen LogP contribution in [0, 0.1) is 0 Å². The van der Waals surface area contributed by atoms with E-state index in [1.165, 1.54) is 0 Å². The summed E-state index contributed by atoms with van der Waals surface area (Å²) in [4.78, 5) is 38.3.